The van der Waals surface area contributed by atoms with Crippen molar-refractivity contribution in [1.29, 1.82) is 0 Å². The maximum absolute atomic E-state index is 12.3. The molecule has 0 radical (unpaired) electrons. The number of hydrogen-bond acceptors (Lipinski definition) is 7. The molecular weight excluding hydrogens is 310 g/mol. The first-order valence-corrected chi connectivity index (χ1v) is 6.12. The van der Waals surface area contributed by atoms with Gasteiger partial charge in [-0.2, -0.15) is 0 Å². The number of carbonyl (C=O) groups excluding carboxylic acids is 1. The summed E-state index contributed by atoms with van der Waals surface area (Å²) in [5, 5.41) is 33.3. The minimum absolute atomic E-state index is 0.0854. The number of hydrogen-bond donors (Lipinski definition) is 0. The summed E-state index contributed by atoms with van der Waals surface area (Å²) in [7, 11) is 0. The van der Waals surface area contributed by atoms with Gasteiger partial charge >= 0.3 is 0 Å². The normalized spacial score (nSPS) is 11.7. The molecule has 0 saturated carbocycles. The smallest absolute Gasteiger partial charge is 0.285 e. The molecule has 10 heteroatoms. The van der Waals surface area contributed by atoms with Gasteiger partial charge in [0.1, 0.15) is 0 Å². The van der Waals surface area contributed by atoms with Gasteiger partial charge in [-0.25, -0.2) is 0 Å². The fourth-order valence-electron chi connectivity index (χ4n) is 2.59. The summed E-state index contributed by atoms with van der Waals surface area (Å²) in [5.41, 5.74) is -2.61. The van der Waals surface area contributed by atoms with Crippen LogP contribution in [0.1, 0.15) is 15.9 Å². The van der Waals surface area contributed by atoms with Crippen molar-refractivity contribution in [2.75, 3.05) is 0 Å². The molecule has 114 valence electrons. The van der Waals surface area contributed by atoms with E-state index in [-0.39, 0.29) is 22.3 Å². The molecule has 10 nitrogen and oxygen atoms in total. The van der Waals surface area contributed by atoms with Crippen LogP contribution in [0.3, 0.4) is 0 Å². The molecule has 0 unspecified atom stereocenters. The minimum atomic E-state index is -0.898. The van der Waals surface area contributed by atoms with Crippen molar-refractivity contribution in [3.63, 3.8) is 0 Å². The van der Waals surface area contributed by atoms with E-state index < -0.39 is 37.6 Å². The van der Waals surface area contributed by atoms with Crippen molar-refractivity contribution >= 4 is 22.8 Å². The predicted molar refractivity (Wildman–Crippen MR) is 75.3 cm³/mol. The highest BCUT2D eigenvalue weighted by molar-refractivity contribution is 6.24. The van der Waals surface area contributed by atoms with Gasteiger partial charge < -0.3 is 0 Å². The number of benzene rings is 2. The Bertz CT molecular complexity index is 935. The molecule has 0 aliphatic heterocycles. The summed E-state index contributed by atoms with van der Waals surface area (Å²) in [6.07, 6.45) is 0. The SMILES string of the molecule is O=C1c2cccc([N+](=O)[O-])c2-c2c1cc([N+](=O)[O-])cc2[N+](=O)[O-]. The molecule has 0 bridgehead atoms. The molecule has 0 atom stereocenters. The van der Waals surface area contributed by atoms with Gasteiger partial charge in [0.2, 0.25) is 0 Å². The monoisotopic (exact) mass is 315 g/mol. The van der Waals surface area contributed by atoms with Crippen molar-refractivity contribution in [1.82, 2.24) is 0 Å². The zero-order chi connectivity index (χ0) is 16.9. The maximum atomic E-state index is 12.3. The van der Waals surface area contributed by atoms with Crippen LogP contribution >= 0.6 is 0 Å². The van der Waals surface area contributed by atoms with Crippen LogP contribution in [0.15, 0.2) is 30.3 Å². The van der Waals surface area contributed by atoms with Gasteiger partial charge in [0, 0.05) is 23.3 Å². The largest absolute Gasteiger partial charge is 0.289 e. The van der Waals surface area contributed by atoms with E-state index in [1.54, 1.807) is 0 Å². The molecule has 0 spiro atoms. The fraction of sp³-hybridized carbons (Fsp3) is 0. The van der Waals surface area contributed by atoms with Crippen molar-refractivity contribution in [2.45, 2.75) is 0 Å². The number of nitro benzene ring substituents is 3. The molecular formula is C13H5N3O7. The lowest BCUT2D eigenvalue weighted by Gasteiger charge is -2.03. The summed E-state index contributed by atoms with van der Waals surface area (Å²) in [5.74, 6) is -0.717. The Kier molecular flexibility index (Phi) is 2.89. The summed E-state index contributed by atoms with van der Waals surface area (Å²) < 4.78 is 0. The Morgan fingerprint density at radius 2 is 1.35 bits per heavy atom. The number of carbonyl (C=O) groups is 1. The molecule has 1 aliphatic rings. The van der Waals surface area contributed by atoms with Crippen molar-refractivity contribution in [3.8, 4) is 11.1 Å². The molecule has 0 fully saturated rings. The molecule has 0 heterocycles. The lowest BCUT2D eigenvalue weighted by molar-refractivity contribution is -0.394. The van der Waals surface area contributed by atoms with E-state index in [0.717, 1.165) is 12.1 Å². The zero-order valence-corrected chi connectivity index (χ0v) is 11.1. The van der Waals surface area contributed by atoms with E-state index in [0.29, 0.717) is 6.07 Å². The first kappa shape index (κ1) is 14.3. The van der Waals surface area contributed by atoms with E-state index in [1.165, 1.54) is 12.1 Å². The Labute approximate surface area is 126 Å². The molecule has 3 rings (SSSR count). The molecule has 0 aromatic heterocycles. The Balaban J connectivity index is 2.46. The fourth-order valence-corrected chi connectivity index (χ4v) is 2.59. The topological polar surface area (TPSA) is 146 Å². The molecule has 0 amide bonds. The summed E-state index contributed by atoms with van der Waals surface area (Å²) >= 11 is 0. The average molecular weight is 315 g/mol. The van der Waals surface area contributed by atoms with E-state index in [9.17, 15) is 35.1 Å². The number of ketones is 1. The van der Waals surface area contributed by atoms with E-state index in [1.807, 2.05) is 0 Å². The third-order valence-electron chi connectivity index (χ3n) is 3.49. The molecule has 23 heavy (non-hydrogen) atoms. The van der Waals surface area contributed by atoms with E-state index in [2.05, 4.69) is 0 Å². The van der Waals surface area contributed by atoms with Gasteiger partial charge in [0.25, 0.3) is 17.1 Å². The number of nitrogens with zero attached hydrogens (tertiary/aromatic N) is 3. The average Bonchev–Trinajstić information content (AvgIpc) is 2.79. The Morgan fingerprint density at radius 1 is 0.739 bits per heavy atom. The van der Waals surface area contributed by atoms with Crippen LogP contribution in [0.4, 0.5) is 17.1 Å². The molecule has 0 N–H and O–H groups in total. The molecule has 2 aromatic rings. The summed E-state index contributed by atoms with van der Waals surface area (Å²) in [6.45, 7) is 0. The highest BCUT2D eigenvalue weighted by Gasteiger charge is 2.40. The first-order chi connectivity index (χ1) is 10.8. The van der Waals surface area contributed by atoms with Crippen molar-refractivity contribution in [2.24, 2.45) is 0 Å². The number of nitro groups is 3. The first-order valence-electron chi connectivity index (χ1n) is 6.12. The highest BCUT2D eigenvalue weighted by atomic mass is 16.6. The van der Waals surface area contributed by atoms with Crippen LogP contribution in [-0.4, -0.2) is 20.6 Å². The van der Waals surface area contributed by atoms with Crippen LogP contribution in [0.2, 0.25) is 0 Å². The van der Waals surface area contributed by atoms with Gasteiger partial charge in [-0.3, -0.25) is 35.1 Å². The van der Waals surface area contributed by atoms with Gasteiger partial charge in [0.15, 0.2) is 5.78 Å². The quantitative estimate of drug-likeness (QED) is 0.533. The molecule has 2 aromatic carbocycles. The molecule has 1 aliphatic carbocycles. The maximum Gasteiger partial charge on any atom is 0.285 e. The number of rotatable bonds is 3. The Hall–Kier alpha value is -3.69. The molecule has 0 saturated heterocycles. The summed E-state index contributed by atoms with van der Waals surface area (Å²) in [6, 6.07) is 5.28. The lowest BCUT2D eigenvalue weighted by atomic mass is 10.0. The second-order valence-electron chi connectivity index (χ2n) is 4.69. The second kappa shape index (κ2) is 4.66. The van der Waals surface area contributed by atoms with Gasteiger partial charge in [0.05, 0.1) is 32.0 Å². The van der Waals surface area contributed by atoms with Crippen LogP contribution in [0.25, 0.3) is 11.1 Å². The van der Waals surface area contributed by atoms with Crippen molar-refractivity contribution < 1.29 is 19.6 Å². The summed E-state index contributed by atoms with van der Waals surface area (Å²) in [4.78, 5) is 43.1. The standard InChI is InChI=1S/C13H5N3O7/c17-13-7-2-1-3-9(15(20)21)11(7)12-8(13)4-6(14(18)19)5-10(12)16(22)23/h1-5H. The number of fused-ring (bicyclic) bond motifs is 3. The van der Waals surface area contributed by atoms with Crippen LogP contribution < -0.4 is 0 Å². The van der Waals surface area contributed by atoms with Crippen molar-refractivity contribution in [3.05, 3.63) is 71.8 Å². The van der Waals surface area contributed by atoms with Crippen LogP contribution in [-0.2, 0) is 0 Å². The highest BCUT2D eigenvalue weighted by Crippen LogP contribution is 2.48. The third kappa shape index (κ3) is 1.92. The van der Waals surface area contributed by atoms with Crippen LogP contribution in [0, 0.1) is 30.3 Å². The van der Waals surface area contributed by atoms with E-state index >= 15 is 0 Å². The van der Waals surface area contributed by atoms with Gasteiger partial charge in [-0.15, -0.1) is 0 Å². The second-order valence-corrected chi connectivity index (χ2v) is 4.69. The number of non-ortho nitro benzene ring substituents is 1. The minimum Gasteiger partial charge on any atom is -0.289 e. The zero-order valence-electron chi connectivity index (χ0n) is 11.1. The lowest BCUT2D eigenvalue weighted by Crippen LogP contribution is -1.99. The van der Waals surface area contributed by atoms with Gasteiger partial charge in [-0.1, -0.05) is 6.07 Å². The third-order valence-corrected chi connectivity index (χ3v) is 3.49. The predicted octanol–water partition coefficient (Wildman–Crippen LogP) is 2.62. The van der Waals surface area contributed by atoms with E-state index in [4.69, 9.17) is 0 Å². The Morgan fingerprint density at radius 3 is 1.91 bits per heavy atom. The van der Waals surface area contributed by atoms with Crippen LogP contribution in [0.5, 0.6) is 0 Å². The van der Waals surface area contributed by atoms with Gasteiger partial charge in [-0.05, 0) is 6.07 Å².